The minimum atomic E-state index is 0.0308. The largest absolute Gasteiger partial charge is 0.344 e. The number of carbonyl (C=O) groups excluding carboxylic acids is 2. The number of hydrogen-bond donors (Lipinski definition) is 1. The molecule has 0 radical (unpaired) electrons. The lowest BCUT2D eigenvalue weighted by molar-refractivity contribution is -0.140. The van der Waals surface area contributed by atoms with Gasteiger partial charge in [-0.1, -0.05) is 6.42 Å². The third kappa shape index (κ3) is 3.15. The number of aromatic nitrogens is 2. The molecule has 2 aliphatic rings. The summed E-state index contributed by atoms with van der Waals surface area (Å²) in [7, 11) is 0. The van der Waals surface area contributed by atoms with Gasteiger partial charge in [0.2, 0.25) is 11.8 Å². The highest BCUT2D eigenvalue weighted by Crippen LogP contribution is 2.30. The van der Waals surface area contributed by atoms with Crippen LogP contribution in [0.5, 0.6) is 0 Å². The van der Waals surface area contributed by atoms with Gasteiger partial charge in [-0.2, -0.15) is 0 Å². The summed E-state index contributed by atoms with van der Waals surface area (Å²) in [5, 5.41) is 0. The number of rotatable bonds is 3. The Bertz CT molecular complexity index is 554. The van der Waals surface area contributed by atoms with Gasteiger partial charge in [-0.3, -0.25) is 9.59 Å². The molecule has 2 amide bonds. The minimum absolute atomic E-state index is 0.0308. The van der Waals surface area contributed by atoms with E-state index in [1.54, 1.807) is 11.1 Å². The van der Waals surface area contributed by atoms with Gasteiger partial charge in [0.25, 0.3) is 0 Å². The summed E-state index contributed by atoms with van der Waals surface area (Å²) in [6, 6.07) is 0.0308. The number of hydrogen-bond acceptors (Lipinski definition) is 3. The van der Waals surface area contributed by atoms with E-state index in [0.29, 0.717) is 13.0 Å². The van der Waals surface area contributed by atoms with E-state index in [-0.39, 0.29) is 24.4 Å². The molecular formula is C16H24N4O2. The van der Waals surface area contributed by atoms with Crippen LogP contribution >= 0.6 is 0 Å². The number of nitrogens with zero attached hydrogens (tertiary/aromatic N) is 3. The number of H-pyrrole nitrogens is 1. The Morgan fingerprint density at radius 2 is 2.18 bits per heavy atom. The molecule has 1 N–H and O–H groups in total. The van der Waals surface area contributed by atoms with Gasteiger partial charge in [-0.15, -0.1) is 0 Å². The van der Waals surface area contributed by atoms with Crippen LogP contribution in [-0.4, -0.2) is 51.2 Å². The van der Waals surface area contributed by atoms with Crippen LogP contribution in [0.4, 0.5) is 0 Å². The molecule has 2 aliphatic heterocycles. The Morgan fingerprint density at radius 1 is 1.32 bits per heavy atom. The number of carbonyl (C=O) groups is 2. The first-order valence-corrected chi connectivity index (χ1v) is 8.24. The molecule has 3 rings (SSSR count). The van der Waals surface area contributed by atoms with Crippen LogP contribution in [0.1, 0.15) is 56.1 Å². The van der Waals surface area contributed by atoms with Crippen molar-refractivity contribution in [3.05, 3.63) is 17.7 Å². The second-order valence-electron chi connectivity index (χ2n) is 6.32. The third-order valence-corrected chi connectivity index (χ3v) is 4.61. The molecule has 0 bridgehead atoms. The van der Waals surface area contributed by atoms with Gasteiger partial charge in [0, 0.05) is 31.4 Å². The predicted octanol–water partition coefficient (Wildman–Crippen LogP) is 1.78. The molecule has 1 aromatic rings. The van der Waals surface area contributed by atoms with E-state index in [9.17, 15) is 9.59 Å². The van der Waals surface area contributed by atoms with Gasteiger partial charge in [0.05, 0.1) is 12.6 Å². The summed E-state index contributed by atoms with van der Waals surface area (Å²) in [5.74, 6) is 1.03. The molecule has 2 fully saturated rings. The monoisotopic (exact) mass is 304 g/mol. The Labute approximate surface area is 130 Å². The molecular weight excluding hydrogens is 280 g/mol. The first kappa shape index (κ1) is 15.1. The summed E-state index contributed by atoms with van der Waals surface area (Å²) in [6.45, 7) is 3.65. The van der Waals surface area contributed by atoms with Gasteiger partial charge < -0.3 is 14.8 Å². The number of aryl methyl sites for hydroxylation is 1. The summed E-state index contributed by atoms with van der Waals surface area (Å²) >= 11 is 0. The summed E-state index contributed by atoms with van der Waals surface area (Å²) in [6.07, 6.45) is 7.33. The zero-order valence-electron chi connectivity index (χ0n) is 13.2. The Hall–Kier alpha value is -1.85. The fraction of sp³-hybridized carbons (Fsp3) is 0.688. The van der Waals surface area contributed by atoms with Crippen molar-refractivity contribution in [1.29, 1.82) is 0 Å². The summed E-state index contributed by atoms with van der Waals surface area (Å²) in [5.41, 5.74) is 1.01. The Morgan fingerprint density at radius 3 is 2.95 bits per heavy atom. The van der Waals surface area contributed by atoms with E-state index < -0.39 is 0 Å². The molecule has 3 heterocycles. The van der Waals surface area contributed by atoms with Crippen LogP contribution < -0.4 is 0 Å². The molecule has 2 saturated heterocycles. The van der Waals surface area contributed by atoms with Gasteiger partial charge in [-0.25, -0.2) is 4.98 Å². The van der Waals surface area contributed by atoms with E-state index in [1.807, 2.05) is 11.8 Å². The lowest BCUT2D eigenvalue weighted by atomic mass is 10.2. The van der Waals surface area contributed by atoms with Crippen molar-refractivity contribution in [3.8, 4) is 0 Å². The van der Waals surface area contributed by atoms with Crippen molar-refractivity contribution >= 4 is 11.8 Å². The van der Waals surface area contributed by atoms with E-state index in [4.69, 9.17) is 0 Å². The van der Waals surface area contributed by atoms with Crippen molar-refractivity contribution in [2.45, 2.75) is 51.5 Å². The highest BCUT2D eigenvalue weighted by molar-refractivity contribution is 5.85. The van der Waals surface area contributed by atoms with Crippen molar-refractivity contribution in [2.24, 2.45) is 0 Å². The van der Waals surface area contributed by atoms with E-state index in [1.165, 1.54) is 0 Å². The molecule has 0 spiro atoms. The molecule has 1 aromatic heterocycles. The van der Waals surface area contributed by atoms with E-state index in [0.717, 1.165) is 50.2 Å². The lowest BCUT2D eigenvalue weighted by Crippen LogP contribution is -2.42. The Balaban J connectivity index is 1.66. The van der Waals surface area contributed by atoms with Gasteiger partial charge in [0.15, 0.2) is 0 Å². The normalized spacial score (nSPS) is 23.0. The molecule has 1 atom stereocenters. The molecule has 0 aromatic carbocycles. The number of amides is 2. The first-order valence-electron chi connectivity index (χ1n) is 8.24. The summed E-state index contributed by atoms with van der Waals surface area (Å²) < 4.78 is 0. The molecule has 0 saturated carbocycles. The smallest absolute Gasteiger partial charge is 0.242 e. The number of nitrogens with one attached hydrogen (secondary N) is 1. The van der Waals surface area contributed by atoms with E-state index >= 15 is 0 Å². The van der Waals surface area contributed by atoms with Crippen LogP contribution in [0, 0.1) is 6.92 Å². The number of aromatic amines is 1. The van der Waals surface area contributed by atoms with Crippen molar-refractivity contribution in [1.82, 2.24) is 19.8 Å². The number of likely N-dealkylation sites (tertiary alicyclic amines) is 2. The zero-order valence-corrected chi connectivity index (χ0v) is 13.2. The van der Waals surface area contributed by atoms with Crippen LogP contribution in [0.2, 0.25) is 0 Å². The second-order valence-corrected chi connectivity index (χ2v) is 6.32. The number of imidazole rings is 1. The van der Waals surface area contributed by atoms with Crippen molar-refractivity contribution in [2.75, 3.05) is 19.6 Å². The second kappa shape index (κ2) is 6.50. The quantitative estimate of drug-likeness (QED) is 0.925. The molecule has 120 valence electrons. The predicted molar refractivity (Wildman–Crippen MR) is 82.1 cm³/mol. The van der Waals surface area contributed by atoms with Crippen molar-refractivity contribution in [3.63, 3.8) is 0 Å². The van der Waals surface area contributed by atoms with Crippen LogP contribution in [-0.2, 0) is 9.59 Å². The molecule has 0 unspecified atom stereocenters. The fourth-order valence-electron chi connectivity index (χ4n) is 3.41. The maximum absolute atomic E-state index is 12.7. The summed E-state index contributed by atoms with van der Waals surface area (Å²) in [4.78, 5) is 35.9. The molecule has 22 heavy (non-hydrogen) atoms. The SMILES string of the molecule is Cc1cnc([C@@H]2CCCN2C(=O)CN2CCCCCC2=O)[nH]1. The standard InChI is InChI=1S/C16H24N4O2/c1-12-10-17-16(18-12)13-6-5-9-20(13)15(22)11-19-8-4-2-3-7-14(19)21/h10,13H,2-9,11H2,1H3,(H,17,18)/t13-/m0/s1. The van der Waals surface area contributed by atoms with Crippen LogP contribution in [0.3, 0.4) is 0 Å². The van der Waals surface area contributed by atoms with E-state index in [2.05, 4.69) is 9.97 Å². The lowest BCUT2D eigenvalue weighted by Gasteiger charge is -2.27. The van der Waals surface area contributed by atoms with Crippen LogP contribution in [0.15, 0.2) is 6.20 Å². The Kier molecular flexibility index (Phi) is 4.45. The molecule has 0 aliphatic carbocycles. The minimum Gasteiger partial charge on any atom is -0.344 e. The maximum atomic E-state index is 12.7. The topological polar surface area (TPSA) is 69.3 Å². The fourth-order valence-corrected chi connectivity index (χ4v) is 3.41. The molecule has 6 nitrogen and oxygen atoms in total. The average molecular weight is 304 g/mol. The third-order valence-electron chi connectivity index (χ3n) is 4.61. The molecule has 6 heteroatoms. The van der Waals surface area contributed by atoms with Gasteiger partial charge in [-0.05, 0) is 32.6 Å². The maximum Gasteiger partial charge on any atom is 0.242 e. The average Bonchev–Trinajstić information content (AvgIpc) is 3.09. The van der Waals surface area contributed by atoms with Gasteiger partial charge in [0.1, 0.15) is 5.82 Å². The van der Waals surface area contributed by atoms with Crippen molar-refractivity contribution < 1.29 is 9.59 Å². The zero-order chi connectivity index (χ0) is 15.5. The first-order chi connectivity index (χ1) is 10.6. The highest BCUT2D eigenvalue weighted by atomic mass is 16.2. The van der Waals surface area contributed by atoms with Gasteiger partial charge >= 0.3 is 0 Å². The highest BCUT2D eigenvalue weighted by Gasteiger charge is 2.33. The van der Waals surface area contributed by atoms with Crippen LogP contribution in [0.25, 0.3) is 0 Å².